The summed E-state index contributed by atoms with van der Waals surface area (Å²) in [6, 6.07) is 22.0. The van der Waals surface area contributed by atoms with Crippen molar-refractivity contribution >= 4 is 29.0 Å². The van der Waals surface area contributed by atoms with Crippen molar-refractivity contribution in [3.8, 4) is 11.3 Å². The second-order valence-corrected chi connectivity index (χ2v) is 8.13. The molecule has 3 heterocycles. The monoisotopic (exact) mass is 473 g/mol. The van der Waals surface area contributed by atoms with Crippen LogP contribution in [-0.2, 0) is 4.74 Å². The Hall–Kier alpha value is -4.04. The number of nitrogens with zero attached hydrogens (tertiary/aromatic N) is 2. The van der Waals surface area contributed by atoms with Crippen LogP contribution in [0.25, 0.3) is 11.3 Å². The molecule has 2 aromatic carbocycles. The van der Waals surface area contributed by atoms with Crippen molar-refractivity contribution in [3.63, 3.8) is 0 Å². The van der Waals surface area contributed by atoms with Gasteiger partial charge in [-0.1, -0.05) is 18.2 Å². The molecule has 0 aliphatic carbocycles. The lowest BCUT2D eigenvalue weighted by atomic mass is 10.0. The molecule has 0 saturated carbocycles. The summed E-state index contributed by atoms with van der Waals surface area (Å²) < 4.78 is 24.7. The van der Waals surface area contributed by atoms with Crippen molar-refractivity contribution in [2.45, 2.75) is 12.1 Å². The van der Waals surface area contributed by atoms with Gasteiger partial charge in [-0.25, -0.2) is 9.18 Å². The average molecular weight is 474 g/mol. The first kappa shape index (κ1) is 21.8. The van der Waals surface area contributed by atoms with Gasteiger partial charge in [-0.2, -0.15) is 0 Å². The molecule has 4 aromatic rings. The zero-order chi connectivity index (χ0) is 23.7. The Balaban J connectivity index is 1.54. The van der Waals surface area contributed by atoms with Gasteiger partial charge in [-0.3, -0.25) is 4.98 Å². The van der Waals surface area contributed by atoms with Crippen LogP contribution in [0.15, 0.2) is 89.5 Å². The number of esters is 1. The average Bonchev–Trinajstić information content (AvgIpc) is 3.49. The Kier molecular flexibility index (Phi) is 5.81. The number of hydrogen-bond acceptors (Lipinski definition) is 5. The lowest BCUT2D eigenvalue weighted by molar-refractivity contribution is 0.0600. The van der Waals surface area contributed by atoms with Gasteiger partial charge in [0, 0.05) is 17.4 Å². The van der Waals surface area contributed by atoms with Gasteiger partial charge in [0.15, 0.2) is 5.11 Å². The number of carbonyl (C=O) groups excluding carboxylic acids is 1. The quantitative estimate of drug-likeness (QED) is 0.306. The van der Waals surface area contributed by atoms with Crippen LogP contribution in [0.2, 0.25) is 0 Å². The number of rotatable bonds is 5. The summed E-state index contributed by atoms with van der Waals surface area (Å²) in [4.78, 5) is 18.2. The van der Waals surface area contributed by atoms with Gasteiger partial charge in [-0.05, 0) is 72.9 Å². The molecule has 2 aromatic heterocycles. The lowest BCUT2D eigenvalue weighted by Crippen LogP contribution is -2.29. The van der Waals surface area contributed by atoms with Crippen LogP contribution in [0.5, 0.6) is 0 Å². The number of furan rings is 1. The van der Waals surface area contributed by atoms with Crippen LogP contribution in [-0.4, -0.2) is 23.2 Å². The van der Waals surface area contributed by atoms with Crippen molar-refractivity contribution in [2.24, 2.45) is 0 Å². The van der Waals surface area contributed by atoms with Crippen LogP contribution < -0.4 is 10.2 Å². The maximum Gasteiger partial charge on any atom is 0.337 e. The van der Waals surface area contributed by atoms with E-state index in [1.165, 1.54) is 19.2 Å². The molecular formula is C26H20FN3O3S. The van der Waals surface area contributed by atoms with E-state index in [0.29, 0.717) is 22.2 Å². The van der Waals surface area contributed by atoms with E-state index in [1.54, 1.807) is 42.6 Å². The lowest BCUT2D eigenvalue weighted by Gasteiger charge is -2.26. The maximum atomic E-state index is 13.6. The van der Waals surface area contributed by atoms with E-state index >= 15 is 0 Å². The van der Waals surface area contributed by atoms with E-state index in [-0.39, 0.29) is 17.9 Å². The number of thiocarbonyl (C=S) groups is 1. The minimum atomic E-state index is -0.398. The van der Waals surface area contributed by atoms with Crippen LogP contribution in [0.3, 0.4) is 0 Å². The first-order chi connectivity index (χ1) is 16.5. The summed E-state index contributed by atoms with van der Waals surface area (Å²) in [5.41, 5.74) is 2.82. The van der Waals surface area contributed by atoms with E-state index in [2.05, 4.69) is 10.3 Å². The fourth-order valence-corrected chi connectivity index (χ4v) is 4.42. The van der Waals surface area contributed by atoms with Crippen LogP contribution in [0.1, 0.15) is 33.9 Å². The van der Waals surface area contributed by atoms with Gasteiger partial charge in [-0.15, -0.1) is 0 Å². The third-order valence-corrected chi connectivity index (χ3v) is 6.03. The third-order valence-electron chi connectivity index (χ3n) is 5.71. The van der Waals surface area contributed by atoms with Gasteiger partial charge in [0.05, 0.1) is 24.4 Å². The van der Waals surface area contributed by atoms with Crippen LogP contribution >= 0.6 is 12.2 Å². The molecule has 6 nitrogen and oxygen atoms in total. The normalized spacial score (nSPS) is 17.5. The predicted octanol–water partition coefficient (Wildman–Crippen LogP) is 5.44. The Bertz CT molecular complexity index is 1320. The molecule has 1 fully saturated rings. The first-order valence-electron chi connectivity index (χ1n) is 10.6. The summed E-state index contributed by atoms with van der Waals surface area (Å²) in [6.45, 7) is 0. The standard InChI is InChI=1S/C26H20FN3O3S/c1-32-25(31)17-7-5-16(6-8-17)21-13-14-22(33-21)24-23(20-4-2-3-15-28-20)29-26(34)30(24)19-11-9-18(27)10-12-19/h2-15,23-24H,1H3,(H,29,34)/t23-,24-/m1/s1. The van der Waals surface area contributed by atoms with E-state index in [0.717, 1.165) is 16.9 Å². The molecule has 0 spiro atoms. The molecule has 34 heavy (non-hydrogen) atoms. The van der Waals surface area contributed by atoms with Crippen molar-refractivity contribution in [1.82, 2.24) is 10.3 Å². The van der Waals surface area contributed by atoms with Gasteiger partial charge in [0.1, 0.15) is 23.4 Å². The smallest absolute Gasteiger partial charge is 0.337 e. The highest BCUT2D eigenvalue weighted by molar-refractivity contribution is 7.80. The number of aromatic nitrogens is 1. The summed E-state index contributed by atoms with van der Waals surface area (Å²) in [6.07, 6.45) is 1.73. The Morgan fingerprint density at radius 3 is 2.50 bits per heavy atom. The molecule has 1 N–H and O–H groups in total. The summed E-state index contributed by atoms with van der Waals surface area (Å²) in [5.74, 6) is 0.586. The summed E-state index contributed by atoms with van der Waals surface area (Å²) >= 11 is 5.67. The number of anilines is 1. The van der Waals surface area contributed by atoms with Gasteiger partial charge >= 0.3 is 5.97 Å². The molecule has 0 amide bonds. The molecule has 8 heteroatoms. The topological polar surface area (TPSA) is 67.6 Å². The van der Waals surface area contributed by atoms with Gasteiger partial charge < -0.3 is 19.4 Å². The van der Waals surface area contributed by atoms with E-state index in [4.69, 9.17) is 21.4 Å². The third kappa shape index (κ3) is 4.04. The van der Waals surface area contributed by atoms with Crippen molar-refractivity contribution in [3.05, 3.63) is 108 Å². The molecule has 2 atom stereocenters. The highest BCUT2D eigenvalue weighted by atomic mass is 32.1. The first-order valence-corrected chi connectivity index (χ1v) is 11.0. The highest BCUT2D eigenvalue weighted by Crippen LogP contribution is 2.42. The predicted molar refractivity (Wildman–Crippen MR) is 130 cm³/mol. The Labute approximate surface area is 201 Å². The van der Waals surface area contributed by atoms with Crippen molar-refractivity contribution in [1.29, 1.82) is 0 Å². The minimum absolute atomic E-state index is 0.278. The minimum Gasteiger partial charge on any atom is -0.465 e. The van der Waals surface area contributed by atoms with Gasteiger partial charge in [0.2, 0.25) is 0 Å². The molecule has 5 rings (SSSR count). The molecular weight excluding hydrogens is 453 g/mol. The SMILES string of the molecule is COC(=O)c1ccc(-c2ccc([C@@H]3[C@@H](c4ccccn4)NC(=S)N3c3ccc(F)cc3)o2)cc1. The maximum absolute atomic E-state index is 13.6. The number of halogens is 1. The fourth-order valence-electron chi connectivity index (χ4n) is 4.08. The highest BCUT2D eigenvalue weighted by Gasteiger charge is 2.42. The zero-order valence-corrected chi connectivity index (χ0v) is 19.0. The number of benzene rings is 2. The Morgan fingerprint density at radius 1 is 1.06 bits per heavy atom. The van der Waals surface area contributed by atoms with Crippen LogP contribution in [0.4, 0.5) is 10.1 Å². The molecule has 1 aliphatic heterocycles. The van der Waals surface area contributed by atoms with Gasteiger partial charge in [0.25, 0.3) is 0 Å². The largest absolute Gasteiger partial charge is 0.465 e. The van der Waals surface area contributed by atoms with E-state index < -0.39 is 5.97 Å². The molecule has 0 bridgehead atoms. The molecule has 0 unspecified atom stereocenters. The second-order valence-electron chi connectivity index (χ2n) is 7.74. The number of hydrogen-bond donors (Lipinski definition) is 1. The van der Waals surface area contributed by atoms with E-state index in [9.17, 15) is 9.18 Å². The number of pyridine rings is 1. The summed E-state index contributed by atoms with van der Waals surface area (Å²) in [5, 5.41) is 3.84. The molecule has 0 radical (unpaired) electrons. The molecule has 1 aliphatic rings. The van der Waals surface area contributed by atoms with Crippen molar-refractivity contribution < 1.29 is 18.3 Å². The Morgan fingerprint density at radius 2 is 1.82 bits per heavy atom. The zero-order valence-electron chi connectivity index (χ0n) is 18.1. The molecule has 170 valence electrons. The number of carbonyl (C=O) groups is 1. The molecule has 1 saturated heterocycles. The number of ether oxygens (including phenoxy) is 1. The van der Waals surface area contributed by atoms with E-state index in [1.807, 2.05) is 35.2 Å². The van der Waals surface area contributed by atoms with Crippen LogP contribution in [0, 0.1) is 5.82 Å². The van der Waals surface area contributed by atoms with Crippen molar-refractivity contribution in [2.75, 3.05) is 12.0 Å². The number of nitrogens with one attached hydrogen (secondary N) is 1. The fraction of sp³-hybridized carbons (Fsp3) is 0.115. The number of methoxy groups -OCH3 is 1. The second kappa shape index (κ2) is 9.07. The summed E-state index contributed by atoms with van der Waals surface area (Å²) in [7, 11) is 1.35.